The molecular weight excluding hydrogens is 207 g/mol. The van der Waals surface area contributed by atoms with E-state index in [-0.39, 0.29) is 0 Å². The van der Waals surface area contributed by atoms with Crippen LogP contribution in [0.2, 0.25) is 0 Å². The summed E-state index contributed by atoms with van der Waals surface area (Å²) in [6.45, 7) is 0. The Kier molecular flexibility index (Phi) is 3.84. The van der Waals surface area contributed by atoms with Crippen LogP contribution in [0.1, 0.15) is 5.56 Å². The van der Waals surface area contributed by atoms with Crippen molar-refractivity contribution in [2.75, 3.05) is 0 Å². The number of fused-ring (bicyclic) bond motifs is 1. The fraction of sp³-hybridized carbons (Fsp3) is 0.0909. The van der Waals surface area contributed by atoms with Gasteiger partial charge in [-0.2, -0.15) is 0 Å². The van der Waals surface area contributed by atoms with Crippen LogP contribution in [0.15, 0.2) is 53.3 Å². The van der Waals surface area contributed by atoms with Gasteiger partial charge in [0, 0.05) is 10.6 Å². The van der Waals surface area contributed by atoms with E-state index in [1.165, 1.54) is 16.2 Å². The predicted octanol–water partition coefficient (Wildman–Crippen LogP) is 3.67. The van der Waals surface area contributed by atoms with E-state index in [1.807, 2.05) is 53.0 Å². The zero-order valence-electron chi connectivity index (χ0n) is 7.72. The van der Waals surface area contributed by atoms with Crippen molar-refractivity contribution < 1.29 is 0 Å². The summed E-state index contributed by atoms with van der Waals surface area (Å²) < 4.78 is 0. The largest absolute Gasteiger partial charge is 0.171 e. The van der Waals surface area contributed by atoms with Gasteiger partial charge in [0.1, 0.15) is 0 Å². The van der Waals surface area contributed by atoms with Crippen LogP contribution in [0.5, 0.6) is 0 Å². The molecule has 0 N–H and O–H groups in total. The third kappa shape index (κ3) is 2.73. The van der Waals surface area contributed by atoms with Gasteiger partial charge in [-0.1, -0.05) is 51.9 Å². The summed E-state index contributed by atoms with van der Waals surface area (Å²) in [5.74, 6) is 5.18. The number of hydrogen-bond donors (Lipinski definition) is 0. The van der Waals surface area contributed by atoms with Crippen LogP contribution < -0.4 is 0 Å². The molecule has 0 spiro atoms. The molecular formula is C11H10BS2. The Morgan fingerprint density at radius 3 is 2.50 bits per heavy atom. The highest BCUT2D eigenvalue weighted by molar-refractivity contribution is 8.76. The average Bonchev–Trinajstić information content (AvgIpc) is 2.92. The summed E-state index contributed by atoms with van der Waals surface area (Å²) in [5.41, 5.74) is 1.49. The topological polar surface area (TPSA) is 0 Å². The quantitative estimate of drug-likeness (QED) is 0.480. The Morgan fingerprint density at radius 2 is 1.86 bits per heavy atom. The van der Waals surface area contributed by atoms with Crippen molar-refractivity contribution in [2.24, 2.45) is 0 Å². The molecule has 2 aliphatic rings. The molecule has 0 fully saturated rings. The summed E-state index contributed by atoms with van der Waals surface area (Å²) >= 11 is 0. The Morgan fingerprint density at radius 1 is 1.07 bits per heavy atom. The molecule has 1 radical (unpaired) electrons. The maximum atomic E-state index is 2.20. The Labute approximate surface area is 93.5 Å². The number of rotatable bonds is 0. The van der Waals surface area contributed by atoms with E-state index in [0.717, 1.165) is 0 Å². The van der Waals surface area contributed by atoms with E-state index in [1.54, 1.807) is 0 Å². The van der Waals surface area contributed by atoms with E-state index >= 15 is 0 Å². The van der Waals surface area contributed by atoms with Crippen molar-refractivity contribution in [3.63, 3.8) is 0 Å². The summed E-state index contributed by atoms with van der Waals surface area (Å²) in [4.78, 5) is 1.45. The average molecular weight is 217 g/mol. The van der Waals surface area contributed by atoms with E-state index < -0.39 is 0 Å². The molecule has 0 saturated carbocycles. The smallest absolute Gasteiger partial charge is 0.117 e. The van der Waals surface area contributed by atoms with Crippen molar-refractivity contribution in [1.29, 1.82) is 0 Å². The van der Waals surface area contributed by atoms with Crippen molar-refractivity contribution in [1.82, 2.24) is 0 Å². The summed E-state index contributed by atoms with van der Waals surface area (Å²) in [5, 5.41) is 0. The van der Waals surface area contributed by atoms with Gasteiger partial charge >= 0.3 is 0 Å². The van der Waals surface area contributed by atoms with E-state index in [2.05, 4.69) is 24.3 Å². The summed E-state index contributed by atoms with van der Waals surface area (Å²) in [7, 11) is 5.80. The molecule has 0 atom stereocenters. The lowest BCUT2D eigenvalue weighted by atomic mass is 9.83. The molecule has 14 heavy (non-hydrogen) atoms. The SMILES string of the molecule is [B]1C=CC=C1.c1ccc2c(c1)CSS2. The monoisotopic (exact) mass is 217 g/mol. The summed E-state index contributed by atoms with van der Waals surface area (Å²) in [6.07, 6.45) is 4.00. The second-order valence-electron chi connectivity index (χ2n) is 2.92. The Balaban J connectivity index is 0.000000128. The van der Waals surface area contributed by atoms with Gasteiger partial charge in [0.15, 0.2) is 7.28 Å². The normalized spacial score (nSPS) is 15.7. The molecule has 69 valence electrons. The van der Waals surface area contributed by atoms with Crippen LogP contribution in [0.25, 0.3) is 0 Å². The molecule has 1 aromatic carbocycles. The summed E-state index contributed by atoms with van der Waals surface area (Å²) in [6, 6.07) is 8.57. The molecule has 0 saturated heterocycles. The highest BCUT2D eigenvalue weighted by Gasteiger charge is 2.09. The maximum absolute atomic E-state index is 2.20. The minimum atomic E-state index is 1.18. The molecule has 0 aliphatic carbocycles. The van der Waals surface area contributed by atoms with E-state index in [9.17, 15) is 0 Å². The lowest BCUT2D eigenvalue weighted by Crippen LogP contribution is -1.73. The molecule has 0 bridgehead atoms. The van der Waals surface area contributed by atoms with Crippen LogP contribution in [0.4, 0.5) is 0 Å². The fourth-order valence-electron chi connectivity index (χ4n) is 1.18. The predicted molar refractivity (Wildman–Crippen MR) is 67.6 cm³/mol. The number of allylic oxidation sites excluding steroid dienone is 2. The molecule has 2 aliphatic heterocycles. The zero-order chi connectivity index (χ0) is 9.64. The second kappa shape index (κ2) is 5.37. The van der Waals surface area contributed by atoms with Gasteiger partial charge in [0.25, 0.3) is 0 Å². The molecule has 2 heterocycles. The first-order valence-electron chi connectivity index (χ1n) is 4.51. The van der Waals surface area contributed by atoms with Crippen LogP contribution in [0.3, 0.4) is 0 Å². The second-order valence-corrected chi connectivity index (χ2v) is 5.25. The third-order valence-corrected chi connectivity index (χ3v) is 4.26. The van der Waals surface area contributed by atoms with Gasteiger partial charge in [-0.25, -0.2) is 0 Å². The first-order chi connectivity index (χ1) is 6.97. The van der Waals surface area contributed by atoms with E-state index in [0.29, 0.717) is 0 Å². The van der Waals surface area contributed by atoms with Crippen molar-refractivity contribution in [3.8, 4) is 0 Å². The molecule has 0 amide bonds. The highest BCUT2D eigenvalue weighted by Crippen LogP contribution is 2.43. The zero-order valence-corrected chi connectivity index (χ0v) is 9.35. The van der Waals surface area contributed by atoms with Crippen molar-refractivity contribution in [3.05, 3.63) is 53.9 Å². The van der Waals surface area contributed by atoms with Crippen LogP contribution in [-0.4, -0.2) is 7.28 Å². The van der Waals surface area contributed by atoms with Gasteiger partial charge in [-0.15, -0.1) is 12.0 Å². The number of hydrogen-bond acceptors (Lipinski definition) is 2. The first-order valence-corrected chi connectivity index (χ1v) is 6.83. The Hall–Kier alpha value is -0.535. The molecule has 0 unspecified atom stereocenters. The lowest BCUT2D eigenvalue weighted by Gasteiger charge is -1.90. The maximum Gasteiger partial charge on any atom is 0.171 e. The third-order valence-electron chi connectivity index (χ3n) is 1.89. The molecule has 0 nitrogen and oxygen atoms in total. The Bertz CT molecular complexity index is 325. The van der Waals surface area contributed by atoms with Crippen molar-refractivity contribution in [2.45, 2.75) is 10.6 Å². The van der Waals surface area contributed by atoms with Gasteiger partial charge in [-0.05, 0) is 11.6 Å². The standard InChI is InChI=1S/C7H6S2.C4H4B/c1-2-4-7-6(3-1)5-8-9-7;1-2-4-5-3-1/h1-4H,5H2;1-4H. The molecule has 3 rings (SSSR count). The highest BCUT2D eigenvalue weighted by atomic mass is 33.1. The van der Waals surface area contributed by atoms with E-state index in [4.69, 9.17) is 0 Å². The fourth-order valence-corrected chi connectivity index (χ4v) is 3.65. The molecule has 1 aromatic rings. The lowest BCUT2D eigenvalue weighted by molar-refractivity contribution is 1.29. The molecule has 0 aromatic heterocycles. The molecule has 3 heteroatoms. The first kappa shape index (κ1) is 10.00. The minimum Gasteiger partial charge on any atom is -0.117 e. The van der Waals surface area contributed by atoms with Gasteiger partial charge in [0.05, 0.1) is 0 Å². The van der Waals surface area contributed by atoms with Crippen LogP contribution in [0, 0.1) is 0 Å². The van der Waals surface area contributed by atoms with Crippen LogP contribution in [-0.2, 0) is 5.75 Å². The van der Waals surface area contributed by atoms with Gasteiger partial charge in [-0.3, -0.25) is 0 Å². The van der Waals surface area contributed by atoms with Gasteiger partial charge in [0.2, 0.25) is 0 Å². The van der Waals surface area contributed by atoms with Crippen LogP contribution >= 0.6 is 21.6 Å². The van der Waals surface area contributed by atoms with Crippen molar-refractivity contribution >= 4 is 28.9 Å². The minimum absolute atomic E-state index is 1.18. The van der Waals surface area contributed by atoms with Gasteiger partial charge < -0.3 is 0 Å². The number of benzene rings is 1.